The SMILES string of the molecule is C[C@H](C#N)C(O)(C(N)=O)c1ccc(-c2noc(-c3onc(-c4ccccc4)c3C(F)(F)F)n2)cc1. The molecular weight excluding hydrogens is 467 g/mol. The largest absolute Gasteiger partial charge is 0.422 e. The topological polar surface area (TPSA) is 152 Å². The summed E-state index contributed by atoms with van der Waals surface area (Å²) in [7, 11) is 0. The molecule has 0 bridgehead atoms. The summed E-state index contributed by atoms with van der Waals surface area (Å²) in [6.07, 6.45) is -4.83. The number of nitriles is 1. The third kappa shape index (κ3) is 4.13. The predicted molar refractivity (Wildman–Crippen MR) is 114 cm³/mol. The van der Waals surface area contributed by atoms with Crippen LogP contribution >= 0.6 is 0 Å². The molecule has 0 saturated carbocycles. The van der Waals surface area contributed by atoms with Crippen molar-refractivity contribution >= 4 is 5.91 Å². The Labute approximate surface area is 195 Å². The number of amides is 1. The van der Waals surface area contributed by atoms with E-state index < -0.39 is 46.5 Å². The smallest absolute Gasteiger partial charge is 0.374 e. The zero-order valence-electron chi connectivity index (χ0n) is 17.9. The molecule has 2 atom stereocenters. The van der Waals surface area contributed by atoms with Crippen molar-refractivity contribution < 1.29 is 32.1 Å². The van der Waals surface area contributed by atoms with Gasteiger partial charge in [-0.25, -0.2) is 0 Å². The van der Waals surface area contributed by atoms with Crippen molar-refractivity contribution in [3.63, 3.8) is 0 Å². The van der Waals surface area contributed by atoms with Crippen LogP contribution in [-0.2, 0) is 16.6 Å². The highest BCUT2D eigenvalue weighted by Crippen LogP contribution is 2.43. The summed E-state index contributed by atoms with van der Waals surface area (Å²) in [4.78, 5) is 15.8. The van der Waals surface area contributed by atoms with E-state index in [4.69, 9.17) is 20.0 Å². The molecule has 12 heteroatoms. The standard InChI is InChI=1S/C23H16F3N5O4/c1-12(11-27)22(33,21(28)32)15-9-7-14(8-10-15)19-29-20(35-31-19)18-16(23(24,25)26)17(30-34-18)13-5-3-2-4-6-13/h2-10,12,33H,1H3,(H2,28,32)/t12-,22?/m1/s1. The van der Waals surface area contributed by atoms with Crippen molar-refractivity contribution in [1.82, 2.24) is 15.3 Å². The highest BCUT2D eigenvalue weighted by molar-refractivity contribution is 5.85. The Kier molecular flexibility index (Phi) is 5.87. The van der Waals surface area contributed by atoms with E-state index in [1.807, 2.05) is 0 Å². The molecule has 2 aromatic carbocycles. The minimum Gasteiger partial charge on any atom is -0.374 e. The van der Waals surface area contributed by atoms with E-state index in [9.17, 15) is 23.1 Å². The lowest BCUT2D eigenvalue weighted by Crippen LogP contribution is -2.45. The Bertz CT molecular complexity index is 1410. The van der Waals surface area contributed by atoms with Gasteiger partial charge in [0.05, 0.1) is 12.0 Å². The number of carbonyl (C=O) groups excluding carboxylic acids is 1. The lowest BCUT2D eigenvalue weighted by Gasteiger charge is -2.27. The number of rotatable bonds is 6. The van der Waals surface area contributed by atoms with E-state index in [1.54, 1.807) is 24.3 Å². The van der Waals surface area contributed by atoms with Gasteiger partial charge in [-0.15, -0.1) is 0 Å². The number of alkyl halides is 3. The maximum atomic E-state index is 13.9. The molecule has 0 saturated heterocycles. The summed E-state index contributed by atoms with van der Waals surface area (Å²) in [5.41, 5.74) is 2.01. The Morgan fingerprint density at radius 1 is 1.06 bits per heavy atom. The summed E-state index contributed by atoms with van der Waals surface area (Å²) in [6, 6.07) is 14.9. The number of carbonyl (C=O) groups is 1. The van der Waals surface area contributed by atoms with Gasteiger partial charge >= 0.3 is 6.18 Å². The molecule has 2 aromatic heterocycles. The summed E-state index contributed by atoms with van der Waals surface area (Å²) >= 11 is 0. The van der Waals surface area contributed by atoms with Gasteiger partial charge in [-0.3, -0.25) is 4.79 Å². The van der Waals surface area contributed by atoms with Crippen LogP contribution in [0.15, 0.2) is 63.6 Å². The van der Waals surface area contributed by atoms with Crippen LogP contribution in [0, 0.1) is 17.2 Å². The van der Waals surface area contributed by atoms with Gasteiger partial charge in [0, 0.05) is 11.1 Å². The van der Waals surface area contributed by atoms with Crippen LogP contribution in [0.5, 0.6) is 0 Å². The fourth-order valence-corrected chi connectivity index (χ4v) is 3.50. The molecule has 178 valence electrons. The number of primary amides is 1. The second-order valence-electron chi connectivity index (χ2n) is 7.58. The average Bonchev–Trinajstić information content (AvgIpc) is 3.51. The third-order valence-electron chi connectivity index (χ3n) is 5.42. The van der Waals surface area contributed by atoms with E-state index in [-0.39, 0.29) is 22.5 Å². The van der Waals surface area contributed by atoms with Gasteiger partial charge < -0.3 is 19.9 Å². The van der Waals surface area contributed by atoms with E-state index in [2.05, 4.69) is 15.3 Å². The van der Waals surface area contributed by atoms with Gasteiger partial charge in [-0.2, -0.15) is 23.4 Å². The predicted octanol–water partition coefficient (Wildman–Crippen LogP) is 3.91. The van der Waals surface area contributed by atoms with E-state index >= 15 is 0 Å². The Morgan fingerprint density at radius 3 is 2.29 bits per heavy atom. The van der Waals surface area contributed by atoms with E-state index in [0.717, 1.165) is 0 Å². The third-order valence-corrected chi connectivity index (χ3v) is 5.42. The maximum Gasteiger partial charge on any atom is 0.422 e. The summed E-state index contributed by atoms with van der Waals surface area (Å²) in [5, 5.41) is 27.1. The van der Waals surface area contributed by atoms with E-state index in [1.165, 1.54) is 43.3 Å². The van der Waals surface area contributed by atoms with Crippen molar-refractivity contribution in [2.75, 3.05) is 0 Å². The summed E-state index contributed by atoms with van der Waals surface area (Å²) in [5.74, 6) is -3.63. The molecule has 1 unspecified atom stereocenters. The number of halogens is 3. The molecule has 1 amide bonds. The van der Waals surface area contributed by atoms with Gasteiger partial charge in [0.15, 0.2) is 5.60 Å². The molecule has 0 aliphatic rings. The van der Waals surface area contributed by atoms with Crippen LogP contribution in [0.3, 0.4) is 0 Å². The number of hydrogen-bond donors (Lipinski definition) is 2. The minimum atomic E-state index is -4.83. The quantitative estimate of drug-likeness (QED) is 0.419. The van der Waals surface area contributed by atoms with Crippen LogP contribution in [0.25, 0.3) is 34.3 Å². The average molecular weight is 483 g/mol. The second kappa shape index (κ2) is 8.69. The van der Waals surface area contributed by atoms with Crippen molar-refractivity contribution in [2.45, 2.75) is 18.7 Å². The fraction of sp³-hybridized carbons (Fsp3) is 0.174. The number of nitrogens with zero attached hydrogens (tertiary/aromatic N) is 4. The van der Waals surface area contributed by atoms with Crippen molar-refractivity contribution in [2.24, 2.45) is 11.7 Å². The monoisotopic (exact) mass is 483 g/mol. The Balaban J connectivity index is 1.71. The van der Waals surface area contributed by atoms with Gasteiger partial charge in [-0.05, 0) is 12.5 Å². The lowest BCUT2D eigenvalue weighted by atomic mass is 9.82. The molecule has 0 fully saturated rings. The van der Waals surface area contributed by atoms with Crippen LogP contribution in [0.1, 0.15) is 18.1 Å². The number of hydrogen-bond acceptors (Lipinski definition) is 8. The summed E-state index contributed by atoms with van der Waals surface area (Å²) < 4.78 is 51.6. The maximum absolute atomic E-state index is 13.9. The normalized spacial score (nSPS) is 14.2. The van der Waals surface area contributed by atoms with Gasteiger partial charge in [0.2, 0.25) is 11.6 Å². The molecule has 9 nitrogen and oxygen atoms in total. The van der Waals surface area contributed by atoms with Crippen LogP contribution < -0.4 is 5.73 Å². The molecular formula is C23H16F3N5O4. The first-order valence-electron chi connectivity index (χ1n) is 10.1. The van der Waals surface area contributed by atoms with Crippen molar-refractivity contribution in [3.05, 3.63) is 65.7 Å². The van der Waals surface area contributed by atoms with E-state index in [0.29, 0.717) is 0 Å². The molecule has 3 N–H and O–H groups in total. The van der Waals surface area contributed by atoms with Gasteiger partial charge in [-0.1, -0.05) is 64.9 Å². The zero-order valence-corrected chi connectivity index (χ0v) is 17.9. The highest BCUT2D eigenvalue weighted by atomic mass is 19.4. The first-order valence-corrected chi connectivity index (χ1v) is 10.1. The van der Waals surface area contributed by atoms with Gasteiger partial charge in [0.1, 0.15) is 11.3 Å². The van der Waals surface area contributed by atoms with Crippen LogP contribution in [0.2, 0.25) is 0 Å². The second-order valence-corrected chi connectivity index (χ2v) is 7.58. The molecule has 2 heterocycles. The molecule has 4 rings (SSSR count). The molecule has 35 heavy (non-hydrogen) atoms. The molecule has 0 aliphatic carbocycles. The first-order chi connectivity index (χ1) is 16.6. The Morgan fingerprint density at radius 2 is 1.71 bits per heavy atom. The molecule has 0 radical (unpaired) electrons. The summed E-state index contributed by atoms with van der Waals surface area (Å²) in [6.45, 7) is 1.34. The Hall–Kier alpha value is -4.50. The lowest BCUT2D eigenvalue weighted by molar-refractivity contribution is -0.140. The van der Waals surface area contributed by atoms with Crippen molar-refractivity contribution in [1.29, 1.82) is 5.26 Å². The van der Waals surface area contributed by atoms with Gasteiger partial charge in [0.25, 0.3) is 11.8 Å². The first kappa shape index (κ1) is 23.7. The van der Waals surface area contributed by atoms with Crippen LogP contribution in [-0.4, -0.2) is 26.3 Å². The number of nitrogens with two attached hydrogens (primary N) is 1. The minimum absolute atomic E-state index is 0.0496. The van der Waals surface area contributed by atoms with Crippen LogP contribution in [0.4, 0.5) is 13.2 Å². The van der Waals surface area contributed by atoms with Crippen molar-refractivity contribution in [3.8, 4) is 40.4 Å². The molecule has 4 aromatic rings. The molecule has 0 aliphatic heterocycles. The number of benzene rings is 2. The number of aliphatic hydroxyl groups is 1. The molecule has 0 spiro atoms. The zero-order chi connectivity index (χ0) is 25.4. The highest BCUT2D eigenvalue weighted by Gasteiger charge is 2.43. The number of aromatic nitrogens is 3. The fourth-order valence-electron chi connectivity index (χ4n) is 3.50.